The second kappa shape index (κ2) is 6.10. The number of nitriles is 1. The summed E-state index contributed by atoms with van der Waals surface area (Å²) >= 11 is 1.30. The molecule has 6 nitrogen and oxygen atoms in total. The molecule has 0 saturated carbocycles. The number of thiazole rings is 1. The third kappa shape index (κ3) is 3.03. The van der Waals surface area contributed by atoms with E-state index in [9.17, 15) is 10.1 Å². The van der Waals surface area contributed by atoms with Crippen LogP contribution in [-0.2, 0) is 0 Å². The topological polar surface area (TPSA) is 92.7 Å². The number of hydrogen-bond donors (Lipinski definition) is 0. The standard InChI is InChI=1S/C16H12N4O2S/c1-9-6-12(19-10(2)18-9)11(7-17)15(21)13-8-23-16(20-13)14-4-3-5-22-14/h3-6,8,11H,1-2H3/t11-/m0/s1. The highest BCUT2D eigenvalue weighted by Crippen LogP contribution is 2.27. The number of aryl methyl sites for hydroxylation is 2. The Balaban J connectivity index is 1.93. The lowest BCUT2D eigenvalue weighted by Gasteiger charge is -2.07. The van der Waals surface area contributed by atoms with Crippen LogP contribution in [0.1, 0.15) is 33.6 Å². The Labute approximate surface area is 136 Å². The van der Waals surface area contributed by atoms with Gasteiger partial charge in [0.05, 0.1) is 18.0 Å². The van der Waals surface area contributed by atoms with Crippen molar-refractivity contribution in [3.05, 3.63) is 52.7 Å². The number of carbonyl (C=O) groups is 1. The van der Waals surface area contributed by atoms with Gasteiger partial charge in [0.25, 0.3) is 0 Å². The molecule has 0 aliphatic carbocycles. The first-order valence-electron chi connectivity index (χ1n) is 6.84. The minimum atomic E-state index is -0.998. The van der Waals surface area contributed by atoms with Crippen molar-refractivity contribution in [1.82, 2.24) is 15.0 Å². The Hall–Kier alpha value is -2.85. The van der Waals surface area contributed by atoms with Crippen molar-refractivity contribution in [3.63, 3.8) is 0 Å². The fourth-order valence-corrected chi connectivity index (χ4v) is 2.98. The average Bonchev–Trinajstić information content (AvgIpc) is 3.18. The number of Topliss-reactive ketones (excluding diaryl/α,β-unsaturated/α-hetero) is 1. The molecule has 0 radical (unpaired) electrons. The van der Waals surface area contributed by atoms with Crippen molar-refractivity contribution in [2.75, 3.05) is 0 Å². The lowest BCUT2D eigenvalue weighted by atomic mass is 9.99. The van der Waals surface area contributed by atoms with Crippen LogP contribution in [0, 0.1) is 25.2 Å². The first-order valence-corrected chi connectivity index (χ1v) is 7.72. The van der Waals surface area contributed by atoms with E-state index in [-0.39, 0.29) is 11.5 Å². The van der Waals surface area contributed by atoms with Gasteiger partial charge in [0.1, 0.15) is 11.5 Å². The molecular formula is C16H12N4O2S. The van der Waals surface area contributed by atoms with E-state index in [0.29, 0.717) is 22.3 Å². The predicted molar refractivity (Wildman–Crippen MR) is 84.0 cm³/mol. The van der Waals surface area contributed by atoms with E-state index in [4.69, 9.17) is 4.42 Å². The highest BCUT2D eigenvalue weighted by atomic mass is 32.1. The van der Waals surface area contributed by atoms with Crippen LogP contribution in [0.2, 0.25) is 0 Å². The highest BCUT2D eigenvalue weighted by molar-refractivity contribution is 7.13. The summed E-state index contributed by atoms with van der Waals surface area (Å²) in [5.41, 5.74) is 1.35. The maximum atomic E-state index is 12.6. The number of ketones is 1. The molecule has 3 rings (SSSR count). The maximum absolute atomic E-state index is 12.6. The molecule has 0 aliphatic heterocycles. The molecule has 0 N–H and O–H groups in total. The van der Waals surface area contributed by atoms with E-state index < -0.39 is 5.92 Å². The fraction of sp³-hybridized carbons (Fsp3) is 0.188. The summed E-state index contributed by atoms with van der Waals surface area (Å²) in [6.07, 6.45) is 1.54. The first-order chi connectivity index (χ1) is 11.1. The summed E-state index contributed by atoms with van der Waals surface area (Å²) in [6, 6.07) is 7.19. The van der Waals surface area contributed by atoms with Gasteiger partial charge < -0.3 is 4.42 Å². The summed E-state index contributed by atoms with van der Waals surface area (Å²) < 4.78 is 5.27. The number of carbonyl (C=O) groups excluding carboxylic acids is 1. The number of nitrogens with zero attached hydrogens (tertiary/aromatic N) is 4. The van der Waals surface area contributed by atoms with Gasteiger partial charge in [0.2, 0.25) is 5.78 Å². The molecule has 3 heterocycles. The van der Waals surface area contributed by atoms with Crippen LogP contribution in [0.5, 0.6) is 0 Å². The van der Waals surface area contributed by atoms with Crippen LogP contribution in [0.4, 0.5) is 0 Å². The summed E-state index contributed by atoms with van der Waals surface area (Å²) in [5, 5.41) is 11.6. The van der Waals surface area contributed by atoms with E-state index in [1.807, 2.05) is 6.07 Å². The van der Waals surface area contributed by atoms with Gasteiger partial charge in [-0.15, -0.1) is 11.3 Å². The van der Waals surface area contributed by atoms with Gasteiger partial charge in [0, 0.05) is 11.1 Å². The molecule has 0 spiro atoms. The Kier molecular flexibility index (Phi) is 4.00. The van der Waals surface area contributed by atoms with E-state index in [2.05, 4.69) is 15.0 Å². The molecular weight excluding hydrogens is 312 g/mol. The number of furan rings is 1. The molecule has 0 saturated heterocycles. The highest BCUT2D eigenvalue weighted by Gasteiger charge is 2.26. The Morgan fingerprint density at radius 1 is 1.35 bits per heavy atom. The van der Waals surface area contributed by atoms with Gasteiger partial charge >= 0.3 is 0 Å². The van der Waals surface area contributed by atoms with Crippen molar-refractivity contribution in [2.24, 2.45) is 0 Å². The van der Waals surface area contributed by atoms with Crippen molar-refractivity contribution >= 4 is 17.1 Å². The molecule has 0 aromatic carbocycles. The fourth-order valence-electron chi connectivity index (χ4n) is 2.20. The molecule has 1 atom stereocenters. The van der Waals surface area contributed by atoms with E-state index in [1.165, 1.54) is 11.3 Å². The molecule has 3 aromatic rings. The molecule has 0 unspecified atom stereocenters. The van der Waals surface area contributed by atoms with Gasteiger partial charge in [-0.2, -0.15) is 5.26 Å². The van der Waals surface area contributed by atoms with Crippen LogP contribution >= 0.6 is 11.3 Å². The number of hydrogen-bond acceptors (Lipinski definition) is 7. The summed E-state index contributed by atoms with van der Waals surface area (Å²) in [4.78, 5) is 25.3. The molecule has 3 aromatic heterocycles. The zero-order chi connectivity index (χ0) is 16.4. The van der Waals surface area contributed by atoms with Gasteiger partial charge in [-0.25, -0.2) is 15.0 Å². The summed E-state index contributed by atoms with van der Waals surface area (Å²) in [6.45, 7) is 3.53. The molecule has 0 fully saturated rings. The van der Waals surface area contributed by atoms with Crippen LogP contribution in [0.25, 0.3) is 10.8 Å². The van der Waals surface area contributed by atoms with Crippen LogP contribution in [0.3, 0.4) is 0 Å². The smallest absolute Gasteiger partial charge is 0.205 e. The Morgan fingerprint density at radius 3 is 2.83 bits per heavy atom. The largest absolute Gasteiger partial charge is 0.462 e. The Morgan fingerprint density at radius 2 is 2.17 bits per heavy atom. The molecule has 7 heteroatoms. The number of rotatable bonds is 4. The second-order valence-corrected chi connectivity index (χ2v) is 5.78. The zero-order valence-corrected chi connectivity index (χ0v) is 13.3. The Bertz CT molecular complexity index is 873. The quantitative estimate of drug-likeness (QED) is 0.684. The predicted octanol–water partition coefficient (Wildman–Crippen LogP) is 3.30. The lowest BCUT2D eigenvalue weighted by Crippen LogP contribution is -2.14. The van der Waals surface area contributed by atoms with Crippen molar-refractivity contribution in [3.8, 4) is 16.8 Å². The van der Waals surface area contributed by atoms with Crippen molar-refractivity contribution < 1.29 is 9.21 Å². The SMILES string of the molecule is Cc1cc([C@H](C#N)C(=O)c2csc(-c3ccco3)n2)nc(C)n1. The molecule has 114 valence electrons. The zero-order valence-electron chi connectivity index (χ0n) is 12.5. The van der Waals surface area contributed by atoms with Crippen LogP contribution < -0.4 is 0 Å². The summed E-state index contributed by atoms with van der Waals surface area (Å²) in [7, 11) is 0. The van der Waals surface area contributed by atoms with Crippen molar-refractivity contribution in [2.45, 2.75) is 19.8 Å². The summed E-state index contributed by atoms with van der Waals surface area (Å²) in [5.74, 6) is -0.250. The first kappa shape index (κ1) is 15.1. The van der Waals surface area contributed by atoms with Gasteiger partial charge in [-0.1, -0.05) is 0 Å². The maximum Gasteiger partial charge on any atom is 0.205 e. The van der Waals surface area contributed by atoms with E-state index in [0.717, 1.165) is 5.69 Å². The third-order valence-corrected chi connectivity index (χ3v) is 4.02. The minimum absolute atomic E-state index is 0.238. The normalized spacial score (nSPS) is 11.9. The van der Waals surface area contributed by atoms with Gasteiger partial charge in [-0.05, 0) is 32.0 Å². The average molecular weight is 324 g/mol. The number of aromatic nitrogens is 3. The van der Waals surface area contributed by atoms with Crippen LogP contribution in [-0.4, -0.2) is 20.7 Å². The molecule has 23 heavy (non-hydrogen) atoms. The molecule has 0 amide bonds. The van der Waals surface area contributed by atoms with Crippen molar-refractivity contribution in [1.29, 1.82) is 5.26 Å². The van der Waals surface area contributed by atoms with E-state index >= 15 is 0 Å². The van der Waals surface area contributed by atoms with Crippen LogP contribution in [0.15, 0.2) is 34.3 Å². The monoisotopic (exact) mass is 324 g/mol. The third-order valence-electron chi connectivity index (χ3n) is 3.16. The minimum Gasteiger partial charge on any atom is -0.462 e. The molecule has 0 aliphatic rings. The second-order valence-electron chi connectivity index (χ2n) is 4.92. The van der Waals surface area contributed by atoms with Gasteiger partial charge in [0.15, 0.2) is 16.7 Å². The van der Waals surface area contributed by atoms with E-state index in [1.54, 1.807) is 43.7 Å². The van der Waals surface area contributed by atoms with Gasteiger partial charge in [-0.3, -0.25) is 4.79 Å². The molecule has 0 bridgehead atoms. The lowest BCUT2D eigenvalue weighted by molar-refractivity contribution is 0.0973.